The quantitative estimate of drug-likeness (QED) is 0.778. The van der Waals surface area contributed by atoms with E-state index < -0.39 is 0 Å². The van der Waals surface area contributed by atoms with Crippen LogP contribution in [0.15, 0.2) is 36.0 Å². The third kappa shape index (κ3) is 2.13. The molecule has 96 valence electrons. The number of nitrogens with zero attached hydrogens (tertiary/aromatic N) is 2. The van der Waals surface area contributed by atoms with Crippen LogP contribution < -0.4 is 5.32 Å². The molecule has 0 saturated carbocycles. The van der Waals surface area contributed by atoms with Gasteiger partial charge >= 0.3 is 0 Å². The van der Waals surface area contributed by atoms with Gasteiger partial charge < -0.3 is 9.88 Å². The Morgan fingerprint density at radius 1 is 1.37 bits per heavy atom. The average molecular weight is 271 g/mol. The molecule has 0 aliphatic rings. The number of fused-ring (bicyclic) bond motifs is 1. The predicted molar refractivity (Wildman–Crippen MR) is 77.7 cm³/mol. The summed E-state index contributed by atoms with van der Waals surface area (Å²) in [4.78, 5) is 17.1. The van der Waals surface area contributed by atoms with E-state index in [0.717, 1.165) is 27.2 Å². The van der Waals surface area contributed by atoms with E-state index in [1.807, 2.05) is 48.2 Å². The third-order valence-electron chi connectivity index (χ3n) is 3.05. The summed E-state index contributed by atoms with van der Waals surface area (Å²) in [6, 6.07) is 7.68. The first-order valence-electron chi connectivity index (χ1n) is 5.91. The van der Waals surface area contributed by atoms with Crippen LogP contribution >= 0.6 is 11.3 Å². The van der Waals surface area contributed by atoms with E-state index >= 15 is 0 Å². The lowest BCUT2D eigenvalue weighted by Crippen LogP contribution is -2.11. The van der Waals surface area contributed by atoms with E-state index in [2.05, 4.69) is 10.3 Å². The molecule has 2 aromatic heterocycles. The monoisotopic (exact) mass is 271 g/mol. The highest BCUT2D eigenvalue weighted by atomic mass is 32.1. The van der Waals surface area contributed by atoms with Gasteiger partial charge in [0.25, 0.3) is 5.91 Å². The number of imidazole rings is 1. The van der Waals surface area contributed by atoms with Gasteiger partial charge in [0, 0.05) is 12.7 Å². The molecule has 0 saturated heterocycles. The van der Waals surface area contributed by atoms with Crippen LogP contribution in [0.2, 0.25) is 0 Å². The minimum atomic E-state index is -0.0669. The van der Waals surface area contributed by atoms with Crippen LogP contribution in [-0.2, 0) is 7.05 Å². The maximum atomic E-state index is 12.1. The maximum absolute atomic E-state index is 12.1. The first-order valence-corrected chi connectivity index (χ1v) is 6.79. The van der Waals surface area contributed by atoms with Crippen molar-refractivity contribution in [3.05, 3.63) is 46.4 Å². The highest BCUT2D eigenvalue weighted by Gasteiger charge is 2.11. The Morgan fingerprint density at radius 3 is 2.95 bits per heavy atom. The van der Waals surface area contributed by atoms with Crippen LogP contribution in [0.1, 0.15) is 15.2 Å². The Morgan fingerprint density at radius 2 is 2.21 bits per heavy atom. The normalized spacial score (nSPS) is 10.8. The summed E-state index contributed by atoms with van der Waals surface area (Å²) in [5, 5.41) is 4.83. The number of aryl methyl sites for hydroxylation is 2. The molecule has 0 aliphatic carbocycles. The molecule has 0 bridgehead atoms. The number of amides is 1. The summed E-state index contributed by atoms with van der Waals surface area (Å²) in [5.41, 5.74) is 3.69. The van der Waals surface area contributed by atoms with E-state index in [0.29, 0.717) is 0 Å². The Hall–Kier alpha value is -2.14. The van der Waals surface area contributed by atoms with Crippen molar-refractivity contribution >= 4 is 34.0 Å². The van der Waals surface area contributed by atoms with E-state index in [1.165, 1.54) is 11.3 Å². The first-order chi connectivity index (χ1) is 9.15. The van der Waals surface area contributed by atoms with Crippen molar-refractivity contribution in [2.45, 2.75) is 6.92 Å². The molecule has 4 nitrogen and oxygen atoms in total. The molecular formula is C14H13N3OS. The summed E-state index contributed by atoms with van der Waals surface area (Å²) in [7, 11) is 1.95. The van der Waals surface area contributed by atoms with E-state index in [9.17, 15) is 4.79 Å². The number of thiophene rings is 1. The smallest absolute Gasteiger partial charge is 0.265 e. The van der Waals surface area contributed by atoms with Crippen LogP contribution in [0.5, 0.6) is 0 Å². The highest BCUT2D eigenvalue weighted by molar-refractivity contribution is 7.12. The fourth-order valence-corrected chi connectivity index (χ4v) is 2.83. The van der Waals surface area contributed by atoms with Crippen molar-refractivity contribution in [1.29, 1.82) is 0 Å². The highest BCUT2D eigenvalue weighted by Crippen LogP contribution is 2.20. The van der Waals surface area contributed by atoms with E-state index in [-0.39, 0.29) is 5.91 Å². The summed E-state index contributed by atoms with van der Waals surface area (Å²) < 4.78 is 1.95. The molecule has 3 aromatic rings. The van der Waals surface area contributed by atoms with Crippen molar-refractivity contribution in [2.75, 3.05) is 5.32 Å². The Bertz CT molecular complexity index is 757. The van der Waals surface area contributed by atoms with Gasteiger partial charge in [-0.1, -0.05) is 0 Å². The summed E-state index contributed by atoms with van der Waals surface area (Å²) in [5.74, 6) is -0.0669. The average Bonchev–Trinajstić information content (AvgIpc) is 2.96. The molecule has 0 unspecified atom stereocenters. The molecule has 0 radical (unpaired) electrons. The van der Waals surface area contributed by atoms with Gasteiger partial charge in [0.2, 0.25) is 0 Å². The minimum absolute atomic E-state index is 0.0669. The van der Waals surface area contributed by atoms with Gasteiger partial charge in [0.05, 0.1) is 22.2 Å². The number of hydrogen-bond acceptors (Lipinski definition) is 3. The van der Waals surface area contributed by atoms with Crippen molar-refractivity contribution in [3.8, 4) is 0 Å². The zero-order valence-electron chi connectivity index (χ0n) is 10.7. The van der Waals surface area contributed by atoms with Gasteiger partial charge in [0.15, 0.2) is 0 Å². The molecule has 0 aliphatic heterocycles. The van der Waals surface area contributed by atoms with E-state index in [1.54, 1.807) is 6.33 Å². The van der Waals surface area contributed by atoms with Gasteiger partial charge in [0.1, 0.15) is 0 Å². The Kier molecular flexibility index (Phi) is 2.83. The second-order valence-electron chi connectivity index (χ2n) is 4.45. The molecule has 0 fully saturated rings. The molecule has 5 heteroatoms. The van der Waals surface area contributed by atoms with Gasteiger partial charge in [-0.15, -0.1) is 11.3 Å². The number of nitrogens with one attached hydrogen (secondary N) is 1. The molecule has 2 heterocycles. The number of hydrogen-bond donors (Lipinski definition) is 1. The molecule has 3 rings (SSSR count). The molecule has 1 aromatic carbocycles. The molecule has 1 amide bonds. The second-order valence-corrected chi connectivity index (χ2v) is 5.36. The van der Waals surface area contributed by atoms with Gasteiger partial charge in [-0.25, -0.2) is 4.98 Å². The fourth-order valence-electron chi connectivity index (χ4n) is 2.01. The number of aromatic nitrogens is 2. The maximum Gasteiger partial charge on any atom is 0.265 e. The van der Waals surface area contributed by atoms with Crippen LogP contribution in [0.3, 0.4) is 0 Å². The Labute approximate surface area is 114 Å². The second kappa shape index (κ2) is 4.51. The molecule has 1 N–H and O–H groups in total. The van der Waals surface area contributed by atoms with Crippen molar-refractivity contribution < 1.29 is 4.79 Å². The predicted octanol–water partition coefficient (Wildman–Crippen LogP) is 3.20. The standard InChI is InChI=1S/C14H13N3OS/c1-9-5-6-19-13(9)14(18)16-10-3-4-12-11(7-10)15-8-17(12)2/h3-8H,1-2H3,(H,16,18). The lowest BCUT2D eigenvalue weighted by molar-refractivity contribution is 0.103. The van der Waals surface area contributed by atoms with Crippen molar-refractivity contribution in [3.63, 3.8) is 0 Å². The SMILES string of the molecule is Cc1ccsc1C(=O)Nc1ccc2c(c1)ncn2C. The fraction of sp³-hybridized carbons (Fsp3) is 0.143. The number of anilines is 1. The Balaban J connectivity index is 1.89. The van der Waals surface area contributed by atoms with Crippen LogP contribution in [0.4, 0.5) is 5.69 Å². The number of carbonyl (C=O) groups is 1. The zero-order valence-corrected chi connectivity index (χ0v) is 11.5. The molecule has 19 heavy (non-hydrogen) atoms. The van der Waals surface area contributed by atoms with Crippen LogP contribution in [0.25, 0.3) is 11.0 Å². The summed E-state index contributed by atoms with van der Waals surface area (Å²) >= 11 is 1.45. The van der Waals surface area contributed by atoms with Crippen molar-refractivity contribution in [2.24, 2.45) is 7.05 Å². The van der Waals surface area contributed by atoms with Crippen LogP contribution in [0, 0.1) is 6.92 Å². The first kappa shape index (κ1) is 11.9. The molecule has 0 spiro atoms. The third-order valence-corrected chi connectivity index (χ3v) is 4.07. The summed E-state index contributed by atoms with van der Waals surface area (Å²) in [6.45, 7) is 1.94. The molecular weight excluding hydrogens is 258 g/mol. The number of rotatable bonds is 2. The number of carbonyl (C=O) groups excluding carboxylic acids is 1. The van der Waals surface area contributed by atoms with Crippen molar-refractivity contribution in [1.82, 2.24) is 9.55 Å². The lowest BCUT2D eigenvalue weighted by Gasteiger charge is -2.04. The van der Waals surface area contributed by atoms with Gasteiger partial charge in [-0.2, -0.15) is 0 Å². The lowest BCUT2D eigenvalue weighted by atomic mass is 10.2. The topological polar surface area (TPSA) is 46.9 Å². The zero-order chi connectivity index (χ0) is 13.4. The largest absolute Gasteiger partial charge is 0.334 e. The summed E-state index contributed by atoms with van der Waals surface area (Å²) in [6.07, 6.45) is 1.76. The number of benzene rings is 1. The minimum Gasteiger partial charge on any atom is -0.334 e. The van der Waals surface area contributed by atoms with Crippen LogP contribution in [-0.4, -0.2) is 15.5 Å². The molecule has 0 atom stereocenters. The van der Waals surface area contributed by atoms with Gasteiger partial charge in [-0.3, -0.25) is 4.79 Å². The van der Waals surface area contributed by atoms with Gasteiger partial charge in [-0.05, 0) is 42.1 Å². The van der Waals surface area contributed by atoms with E-state index in [4.69, 9.17) is 0 Å².